The molecule has 3 heteroatoms. The summed E-state index contributed by atoms with van der Waals surface area (Å²) >= 11 is 0. The first kappa shape index (κ1) is 7.28. The summed E-state index contributed by atoms with van der Waals surface area (Å²) < 4.78 is 13.0. The van der Waals surface area contributed by atoms with Crippen LogP contribution in [-0.2, 0) is 4.79 Å². The Morgan fingerprint density at radius 1 is 1.58 bits per heavy atom. The quantitative estimate of drug-likeness (QED) is 0.603. The van der Waals surface area contributed by atoms with Crippen LogP contribution in [-0.4, -0.2) is 11.4 Å². The molecule has 2 rings (SSSR count). The van der Waals surface area contributed by atoms with Gasteiger partial charge in [-0.2, -0.15) is 0 Å². The highest BCUT2D eigenvalue weighted by atomic mass is 19.1. The first-order valence-electron chi connectivity index (χ1n) is 3.65. The number of halogens is 1. The van der Waals surface area contributed by atoms with Crippen molar-refractivity contribution in [2.75, 3.05) is 0 Å². The van der Waals surface area contributed by atoms with Crippen LogP contribution in [0, 0.1) is 5.41 Å². The summed E-state index contributed by atoms with van der Waals surface area (Å²) in [6.07, 6.45) is 5.02. The number of aldehydes is 1. The predicted octanol–water partition coefficient (Wildman–Crippen LogP) is 1.81. The van der Waals surface area contributed by atoms with Gasteiger partial charge in [0.25, 0.3) is 0 Å². The van der Waals surface area contributed by atoms with Crippen LogP contribution in [0.2, 0.25) is 0 Å². The van der Waals surface area contributed by atoms with Gasteiger partial charge >= 0.3 is 0 Å². The molecule has 0 radical (unpaired) electrons. The van der Waals surface area contributed by atoms with Gasteiger partial charge in [0.2, 0.25) is 0 Å². The van der Waals surface area contributed by atoms with Crippen molar-refractivity contribution in [3.05, 3.63) is 35.4 Å². The van der Waals surface area contributed by atoms with E-state index in [4.69, 9.17) is 0 Å². The number of hydrogen-bond acceptors (Lipinski definition) is 2. The van der Waals surface area contributed by atoms with E-state index in [9.17, 15) is 14.3 Å². The summed E-state index contributed by atoms with van der Waals surface area (Å²) in [5, 5.41) is 9.35. The molecule has 2 aliphatic carbocycles. The standard InChI is InChI=1S/C9H7FO2/c10-7-1-2-8(12)9(5-11)4-3-6(7)9/h1-3,5,12H,4H2. The van der Waals surface area contributed by atoms with E-state index in [2.05, 4.69) is 0 Å². The molecule has 1 unspecified atom stereocenters. The Hall–Kier alpha value is -1.38. The van der Waals surface area contributed by atoms with Crippen LogP contribution in [0.25, 0.3) is 0 Å². The maximum absolute atomic E-state index is 13.0. The maximum atomic E-state index is 13.0. The Morgan fingerprint density at radius 3 is 2.75 bits per heavy atom. The zero-order chi connectivity index (χ0) is 8.77. The Kier molecular flexibility index (Phi) is 1.25. The topological polar surface area (TPSA) is 37.3 Å². The zero-order valence-corrected chi connectivity index (χ0v) is 6.25. The molecule has 0 aromatic heterocycles. The Bertz CT molecular complexity index is 338. The molecule has 0 spiro atoms. The van der Waals surface area contributed by atoms with Crippen LogP contribution in [0.5, 0.6) is 0 Å². The third kappa shape index (κ3) is 0.611. The molecule has 0 aliphatic heterocycles. The van der Waals surface area contributed by atoms with E-state index in [1.54, 1.807) is 6.08 Å². The summed E-state index contributed by atoms with van der Waals surface area (Å²) in [6, 6.07) is 0. The average Bonchev–Trinajstić information content (AvgIpc) is 1.99. The lowest BCUT2D eigenvalue weighted by Crippen LogP contribution is -2.35. The van der Waals surface area contributed by atoms with Crippen LogP contribution in [0.1, 0.15) is 6.42 Å². The summed E-state index contributed by atoms with van der Waals surface area (Å²) in [6.45, 7) is 0. The van der Waals surface area contributed by atoms with Gasteiger partial charge in [-0.1, -0.05) is 6.08 Å². The second-order valence-electron chi connectivity index (χ2n) is 2.98. The molecule has 12 heavy (non-hydrogen) atoms. The van der Waals surface area contributed by atoms with E-state index in [0.29, 0.717) is 18.3 Å². The number of rotatable bonds is 1. The molecule has 2 nitrogen and oxygen atoms in total. The second-order valence-corrected chi connectivity index (χ2v) is 2.98. The minimum Gasteiger partial charge on any atom is -0.511 e. The smallest absolute Gasteiger partial charge is 0.138 e. The van der Waals surface area contributed by atoms with Crippen LogP contribution in [0.4, 0.5) is 4.39 Å². The van der Waals surface area contributed by atoms with E-state index in [0.717, 1.165) is 0 Å². The SMILES string of the molecule is O=CC12CC=C1C(F)=CC=C2O. The lowest BCUT2D eigenvalue weighted by Gasteiger charge is -2.37. The molecule has 0 aromatic carbocycles. The Balaban J connectivity index is 2.55. The highest BCUT2D eigenvalue weighted by Crippen LogP contribution is 2.50. The number of aliphatic hydroxyl groups is 1. The Morgan fingerprint density at radius 2 is 2.33 bits per heavy atom. The van der Waals surface area contributed by atoms with E-state index in [-0.39, 0.29) is 5.76 Å². The van der Waals surface area contributed by atoms with Crippen molar-refractivity contribution in [2.45, 2.75) is 6.42 Å². The minimum absolute atomic E-state index is 0.0589. The maximum Gasteiger partial charge on any atom is 0.138 e. The fraction of sp³-hybridized carbons (Fsp3) is 0.222. The molecular weight excluding hydrogens is 159 g/mol. The van der Waals surface area contributed by atoms with Gasteiger partial charge in [0.15, 0.2) is 0 Å². The minimum atomic E-state index is -1.06. The van der Waals surface area contributed by atoms with Crippen molar-refractivity contribution in [1.82, 2.24) is 0 Å². The summed E-state index contributed by atoms with van der Waals surface area (Å²) in [7, 11) is 0. The van der Waals surface area contributed by atoms with Crippen LogP contribution in [0.3, 0.4) is 0 Å². The van der Waals surface area contributed by atoms with Gasteiger partial charge in [0.1, 0.15) is 23.3 Å². The number of fused-ring (bicyclic) bond motifs is 1. The third-order valence-corrected chi connectivity index (χ3v) is 2.41. The van der Waals surface area contributed by atoms with Gasteiger partial charge in [-0.15, -0.1) is 0 Å². The van der Waals surface area contributed by atoms with Crippen molar-refractivity contribution in [1.29, 1.82) is 0 Å². The molecule has 0 amide bonds. The van der Waals surface area contributed by atoms with Crippen molar-refractivity contribution in [3.8, 4) is 0 Å². The van der Waals surface area contributed by atoms with Gasteiger partial charge in [-0.3, -0.25) is 0 Å². The number of hydrogen-bond donors (Lipinski definition) is 1. The molecule has 0 bridgehead atoms. The molecule has 2 aliphatic rings. The number of aliphatic hydroxyl groups excluding tert-OH is 1. The molecule has 0 saturated carbocycles. The number of allylic oxidation sites excluding steroid dienone is 5. The summed E-state index contributed by atoms with van der Waals surface area (Å²) in [4.78, 5) is 10.7. The van der Waals surface area contributed by atoms with Gasteiger partial charge in [0, 0.05) is 5.57 Å². The zero-order valence-electron chi connectivity index (χ0n) is 6.25. The molecule has 1 atom stereocenters. The molecule has 1 N–H and O–H groups in total. The molecule has 0 heterocycles. The number of carbonyl (C=O) groups is 1. The van der Waals surface area contributed by atoms with E-state index >= 15 is 0 Å². The van der Waals surface area contributed by atoms with Crippen LogP contribution in [0.15, 0.2) is 35.4 Å². The first-order valence-corrected chi connectivity index (χ1v) is 3.65. The van der Waals surface area contributed by atoms with E-state index < -0.39 is 11.2 Å². The van der Waals surface area contributed by atoms with Crippen molar-refractivity contribution in [3.63, 3.8) is 0 Å². The fourth-order valence-electron chi connectivity index (χ4n) is 1.54. The van der Waals surface area contributed by atoms with Crippen molar-refractivity contribution >= 4 is 6.29 Å². The van der Waals surface area contributed by atoms with Crippen LogP contribution >= 0.6 is 0 Å². The molecule has 0 fully saturated rings. The molecule has 0 aromatic rings. The van der Waals surface area contributed by atoms with Gasteiger partial charge in [-0.25, -0.2) is 4.39 Å². The predicted molar refractivity (Wildman–Crippen MR) is 41.1 cm³/mol. The third-order valence-electron chi connectivity index (χ3n) is 2.41. The molecule has 0 saturated heterocycles. The van der Waals surface area contributed by atoms with Gasteiger partial charge < -0.3 is 9.90 Å². The fourth-order valence-corrected chi connectivity index (χ4v) is 1.54. The molecular formula is C9H7FO2. The van der Waals surface area contributed by atoms with Gasteiger partial charge in [0.05, 0.1) is 0 Å². The summed E-state index contributed by atoms with van der Waals surface area (Å²) in [5.74, 6) is -0.484. The highest BCUT2D eigenvalue weighted by Gasteiger charge is 2.47. The first-order chi connectivity index (χ1) is 5.70. The lowest BCUT2D eigenvalue weighted by atomic mass is 9.66. The van der Waals surface area contributed by atoms with E-state index in [1.165, 1.54) is 12.2 Å². The Labute approximate surface area is 68.7 Å². The number of carbonyl (C=O) groups excluding carboxylic acids is 1. The lowest BCUT2D eigenvalue weighted by molar-refractivity contribution is -0.114. The average molecular weight is 166 g/mol. The normalized spacial score (nSPS) is 32.2. The van der Waals surface area contributed by atoms with Crippen molar-refractivity contribution in [2.24, 2.45) is 5.41 Å². The van der Waals surface area contributed by atoms with Crippen molar-refractivity contribution < 1.29 is 14.3 Å². The summed E-state index contributed by atoms with van der Waals surface area (Å²) in [5.41, 5.74) is -0.753. The molecule has 62 valence electrons. The monoisotopic (exact) mass is 166 g/mol. The largest absolute Gasteiger partial charge is 0.511 e. The van der Waals surface area contributed by atoms with E-state index in [1.807, 2.05) is 0 Å². The van der Waals surface area contributed by atoms with Gasteiger partial charge in [-0.05, 0) is 18.6 Å². The van der Waals surface area contributed by atoms with Crippen LogP contribution < -0.4 is 0 Å². The second kappa shape index (κ2) is 2.06. The highest BCUT2D eigenvalue weighted by molar-refractivity contribution is 5.77.